The zero-order valence-corrected chi connectivity index (χ0v) is 20.9. The number of fused-ring (bicyclic) bond motifs is 1. The first kappa shape index (κ1) is 24.0. The van der Waals surface area contributed by atoms with Crippen LogP contribution in [0.15, 0.2) is 69.6 Å². The summed E-state index contributed by atoms with van der Waals surface area (Å²) in [7, 11) is 0. The maximum Gasteiger partial charge on any atom is 0.338 e. The van der Waals surface area contributed by atoms with Gasteiger partial charge in [0.1, 0.15) is 11.8 Å². The second-order valence-electron chi connectivity index (χ2n) is 8.03. The third-order valence-electron chi connectivity index (χ3n) is 5.29. The highest BCUT2D eigenvalue weighted by molar-refractivity contribution is 7.07. The van der Waals surface area contributed by atoms with E-state index in [2.05, 4.69) is 4.99 Å². The average Bonchev–Trinajstić information content (AvgIpc) is 3.09. The number of hydrogen-bond donors (Lipinski definition) is 0. The molecule has 1 aromatic heterocycles. The van der Waals surface area contributed by atoms with E-state index in [4.69, 9.17) is 21.1 Å². The van der Waals surface area contributed by atoms with Crippen molar-refractivity contribution in [2.24, 2.45) is 4.99 Å². The topological polar surface area (TPSA) is 69.9 Å². The first-order chi connectivity index (χ1) is 16.3. The normalized spacial score (nSPS) is 15.8. The summed E-state index contributed by atoms with van der Waals surface area (Å²) in [6.45, 7) is 7.58. The molecule has 0 saturated heterocycles. The Hall–Kier alpha value is -3.16. The van der Waals surface area contributed by atoms with Crippen LogP contribution in [0.3, 0.4) is 0 Å². The summed E-state index contributed by atoms with van der Waals surface area (Å²) in [4.78, 5) is 31.9. The van der Waals surface area contributed by atoms with Crippen molar-refractivity contribution in [2.45, 2.75) is 39.8 Å². The number of aromatic nitrogens is 1. The minimum atomic E-state index is -0.737. The molecule has 0 bridgehead atoms. The van der Waals surface area contributed by atoms with Crippen LogP contribution in [-0.4, -0.2) is 23.2 Å². The summed E-state index contributed by atoms with van der Waals surface area (Å²) in [6.07, 6.45) is 1.66. The highest BCUT2D eigenvalue weighted by atomic mass is 35.5. The molecule has 0 N–H and O–H groups in total. The van der Waals surface area contributed by atoms with E-state index < -0.39 is 12.0 Å². The number of carbonyl (C=O) groups excluding carboxylic acids is 1. The fourth-order valence-electron chi connectivity index (χ4n) is 3.89. The quantitative estimate of drug-likeness (QED) is 0.479. The van der Waals surface area contributed by atoms with Gasteiger partial charge < -0.3 is 9.47 Å². The number of nitrogens with zero attached hydrogens (tertiary/aromatic N) is 2. The van der Waals surface area contributed by atoms with Gasteiger partial charge in [-0.3, -0.25) is 9.36 Å². The first-order valence-electron chi connectivity index (χ1n) is 11.0. The molecule has 0 unspecified atom stereocenters. The van der Waals surface area contributed by atoms with Gasteiger partial charge in [-0.2, -0.15) is 0 Å². The van der Waals surface area contributed by atoms with Gasteiger partial charge >= 0.3 is 5.97 Å². The number of esters is 1. The lowest BCUT2D eigenvalue weighted by Gasteiger charge is -2.26. The molecule has 8 heteroatoms. The minimum Gasteiger partial charge on any atom is -0.491 e. The zero-order valence-electron chi connectivity index (χ0n) is 19.4. The van der Waals surface area contributed by atoms with Gasteiger partial charge in [-0.1, -0.05) is 59.3 Å². The van der Waals surface area contributed by atoms with Gasteiger partial charge in [-0.05, 0) is 51.5 Å². The third kappa shape index (κ3) is 4.58. The van der Waals surface area contributed by atoms with Crippen molar-refractivity contribution in [3.8, 4) is 5.75 Å². The molecule has 0 spiro atoms. The Bertz CT molecular complexity index is 1450. The standard InChI is InChI=1S/C26H25ClN2O4S/c1-5-32-25(31)22-16(4)28-26-29(23(22)18-11-7-9-13-20(18)33-15(2)3)24(30)21(34-26)14-17-10-6-8-12-19(17)27/h6-15,23H,5H2,1-4H3/b21-14+/t23-/m0/s1. The van der Waals surface area contributed by atoms with E-state index in [1.165, 1.54) is 11.3 Å². The maximum atomic E-state index is 13.7. The Morgan fingerprint density at radius 2 is 1.91 bits per heavy atom. The molecule has 0 fully saturated rings. The smallest absolute Gasteiger partial charge is 0.338 e. The highest BCUT2D eigenvalue weighted by Crippen LogP contribution is 2.36. The molecule has 4 rings (SSSR count). The number of allylic oxidation sites excluding steroid dienone is 1. The first-order valence-corrected chi connectivity index (χ1v) is 12.2. The number of carbonyl (C=O) groups is 1. The Balaban J connectivity index is 2.00. The van der Waals surface area contributed by atoms with Crippen molar-refractivity contribution >= 4 is 35.0 Å². The van der Waals surface area contributed by atoms with Gasteiger partial charge in [0.05, 0.1) is 28.5 Å². The van der Waals surface area contributed by atoms with Crippen LogP contribution in [0.25, 0.3) is 6.08 Å². The van der Waals surface area contributed by atoms with Crippen molar-refractivity contribution in [1.82, 2.24) is 4.57 Å². The number of benzene rings is 2. The Morgan fingerprint density at radius 3 is 2.62 bits per heavy atom. The predicted octanol–water partition coefficient (Wildman–Crippen LogP) is 4.24. The Morgan fingerprint density at radius 1 is 1.21 bits per heavy atom. The molecule has 0 radical (unpaired) electrons. The fourth-order valence-corrected chi connectivity index (χ4v) is 5.11. The van der Waals surface area contributed by atoms with E-state index in [-0.39, 0.29) is 18.3 Å². The number of ether oxygens (including phenoxy) is 2. The van der Waals surface area contributed by atoms with Crippen LogP contribution in [0.4, 0.5) is 0 Å². The van der Waals surface area contributed by atoms with Gasteiger partial charge in [0.25, 0.3) is 5.56 Å². The van der Waals surface area contributed by atoms with Gasteiger partial charge in [-0.15, -0.1) is 0 Å². The van der Waals surface area contributed by atoms with E-state index in [1.807, 2.05) is 56.3 Å². The van der Waals surface area contributed by atoms with Crippen LogP contribution in [0.5, 0.6) is 5.75 Å². The molecule has 1 atom stereocenters. The highest BCUT2D eigenvalue weighted by Gasteiger charge is 2.35. The summed E-state index contributed by atoms with van der Waals surface area (Å²) in [5.41, 5.74) is 1.99. The molecule has 1 aliphatic heterocycles. The molecule has 0 saturated carbocycles. The lowest BCUT2D eigenvalue weighted by molar-refractivity contribution is -0.139. The van der Waals surface area contributed by atoms with Gasteiger partial charge in [-0.25, -0.2) is 9.79 Å². The second kappa shape index (κ2) is 9.99. The SMILES string of the molecule is CCOC(=O)C1=C(C)N=c2s/c(=C/c3ccccc3Cl)c(=O)n2[C@H]1c1ccccc1OC(C)C. The molecule has 6 nitrogen and oxygen atoms in total. The van der Waals surface area contributed by atoms with Crippen LogP contribution < -0.4 is 19.6 Å². The summed E-state index contributed by atoms with van der Waals surface area (Å²) in [5.74, 6) is 0.0909. The van der Waals surface area contributed by atoms with Crippen LogP contribution >= 0.6 is 22.9 Å². The molecule has 2 heterocycles. The third-order valence-corrected chi connectivity index (χ3v) is 6.61. The lowest BCUT2D eigenvalue weighted by atomic mass is 9.95. The Kier molecular flexibility index (Phi) is 7.05. The summed E-state index contributed by atoms with van der Waals surface area (Å²) in [6, 6.07) is 14.0. The largest absolute Gasteiger partial charge is 0.491 e. The van der Waals surface area contributed by atoms with Crippen LogP contribution in [-0.2, 0) is 9.53 Å². The minimum absolute atomic E-state index is 0.0895. The van der Waals surface area contributed by atoms with Gasteiger partial charge in [0.15, 0.2) is 4.80 Å². The number of para-hydroxylation sites is 1. The molecule has 0 aliphatic carbocycles. The molecule has 1 aliphatic rings. The van der Waals surface area contributed by atoms with Crippen LogP contribution in [0.1, 0.15) is 44.9 Å². The molecule has 3 aromatic rings. The van der Waals surface area contributed by atoms with E-state index in [0.717, 1.165) is 5.56 Å². The molecule has 0 amide bonds. The fraction of sp³-hybridized carbons (Fsp3) is 0.269. The van der Waals surface area contributed by atoms with Gasteiger partial charge in [0.2, 0.25) is 0 Å². The Labute approximate surface area is 206 Å². The van der Waals surface area contributed by atoms with Gasteiger partial charge in [0, 0.05) is 10.6 Å². The van der Waals surface area contributed by atoms with Crippen molar-refractivity contribution in [2.75, 3.05) is 6.61 Å². The number of rotatable bonds is 6. The molecular weight excluding hydrogens is 472 g/mol. The maximum absolute atomic E-state index is 13.7. The van der Waals surface area contributed by atoms with Crippen molar-refractivity contribution in [1.29, 1.82) is 0 Å². The second-order valence-corrected chi connectivity index (χ2v) is 9.44. The van der Waals surface area contributed by atoms with Crippen LogP contribution in [0, 0.1) is 0 Å². The van der Waals surface area contributed by atoms with Crippen molar-refractivity contribution in [3.63, 3.8) is 0 Å². The van der Waals surface area contributed by atoms with E-state index in [9.17, 15) is 9.59 Å². The summed E-state index contributed by atoms with van der Waals surface area (Å²) in [5, 5.41) is 0.545. The van der Waals surface area contributed by atoms with Crippen molar-refractivity contribution < 1.29 is 14.3 Å². The zero-order chi connectivity index (χ0) is 24.4. The monoisotopic (exact) mass is 496 g/mol. The van der Waals surface area contributed by atoms with Crippen LogP contribution in [0.2, 0.25) is 5.02 Å². The number of thiazole rings is 1. The molecule has 34 heavy (non-hydrogen) atoms. The van der Waals surface area contributed by atoms with E-state index in [0.29, 0.717) is 36.9 Å². The van der Waals surface area contributed by atoms with E-state index in [1.54, 1.807) is 30.6 Å². The average molecular weight is 497 g/mol. The molecular formula is C26H25ClN2O4S. The number of halogens is 1. The van der Waals surface area contributed by atoms with Crippen molar-refractivity contribution in [3.05, 3.63) is 95.6 Å². The predicted molar refractivity (Wildman–Crippen MR) is 134 cm³/mol. The number of hydrogen-bond acceptors (Lipinski definition) is 6. The molecule has 2 aromatic carbocycles. The lowest BCUT2D eigenvalue weighted by Crippen LogP contribution is -2.40. The van der Waals surface area contributed by atoms with E-state index >= 15 is 0 Å². The summed E-state index contributed by atoms with van der Waals surface area (Å²) < 4.78 is 13.4. The summed E-state index contributed by atoms with van der Waals surface area (Å²) >= 11 is 7.58. The molecule has 176 valence electrons.